The van der Waals surface area contributed by atoms with Crippen LogP contribution in [-0.2, 0) is 0 Å². The Hall–Kier alpha value is -2.09. The summed E-state index contributed by atoms with van der Waals surface area (Å²) in [6, 6.07) is 3.70. The zero-order valence-corrected chi connectivity index (χ0v) is 9.39. The second-order valence-electron chi connectivity index (χ2n) is 3.03. The van der Waals surface area contributed by atoms with Crippen LogP contribution in [0.3, 0.4) is 0 Å². The molecular weight excluding hydrogens is 210 g/mol. The molecule has 0 aliphatic heterocycles. The summed E-state index contributed by atoms with van der Waals surface area (Å²) in [5, 5.41) is 0. The first-order valence-corrected chi connectivity index (χ1v) is 5.02. The van der Waals surface area contributed by atoms with Gasteiger partial charge in [0.15, 0.2) is 0 Å². The lowest BCUT2D eigenvalue weighted by molar-refractivity contribution is 0.442. The van der Waals surface area contributed by atoms with Crippen molar-refractivity contribution in [2.75, 3.05) is 0 Å². The van der Waals surface area contributed by atoms with E-state index in [1.54, 1.807) is 24.4 Å². The van der Waals surface area contributed by atoms with Crippen molar-refractivity contribution in [2.45, 2.75) is 14.4 Å². The fourth-order valence-electron chi connectivity index (χ4n) is 1.11. The van der Waals surface area contributed by atoms with Gasteiger partial charge in [-0.1, -0.05) is 32.7 Å². The molecule has 0 saturated heterocycles. The molecule has 0 aliphatic carbocycles. The van der Waals surface area contributed by atoms with E-state index in [1.807, 2.05) is 31.2 Å². The number of ether oxygens (including phenoxy) is 1. The molecule has 2 heteroatoms. The quantitative estimate of drug-likeness (QED) is 0.552. The van der Waals surface area contributed by atoms with Crippen LogP contribution in [0.4, 0.5) is 0 Å². The molecule has 0 atom stereocenters. The average molecular weight is 229 g/mol. The molecule has 0 saturated carbocycles. The van der Waals surface area contributed by atoms with Gasteiger partial charge >= 0.3 is 0 Å². The molecule has 0 bridgehead atoms. The van der Waals surface area contributed by atoms with Gasteiger partial charge in [0.05, 0.1) is 11.9 Å². The Balaban J connectivity index is 0.00000256. The number of hydrogen-bond donors (Lipinski definition) is 0. The molecule has 0 fully saturated rings. The molecule has 0 N–H and O–H groups in total. The summed E-state index contributed by atoms with van der Waals surface area (Å²) in [5.74, 6) is 1.42. The number of nitrogens with zero attached hydrogens (tertiary/aromatic N) is 1. The molecule has 1 rings (SSSR count). The summed E-state index contributed by atoms with van der Waals surface area (Å²) in [6.45, 7) is 9.20. The van der Waals surface area contributed by atoms with Gasteiger partial charge in [0, 0.05) is 0 Å². The maximum atomic E-state index is 5.60. The topological polar surface area (TPSA) is 22.1 Å². The van der Waals surface area contributed by atoms with Crippen molar-refractivity contribution in [3.05, 3.63) is 67.2 Å². The molecule has 0 spiro atoms. The number of allylic oxidation sites excluding steroid dienone is 4. The van der Waals surface area contributed by atoms with Gasteiger partial charge in [0.25, 0.3) is 0 Å². The Morgan fingerprint density at radius 1 is 1.35 bits per heavy atom. The minimum absolute atomic E-state index is 0. The van der Waals surface area contributed by atoms with Crippen molar-refractivity contribution in [1.82, 2.24) is 4.98 Å². The zero-order chi connectivity index (χ0) is 11.8. The minimum Gasteiger partial charge on any atom is -0.456 e. The molecular formula is C15H19NO. The Morgan fingerprint density at radius 3 is 2.59 bits per heavy atom. The van der Waals surface area contributed by atoms with Crippen molar-refractivity contribution < 1.29 is 4.74 Å². The summed E-state index contributed by atoms with van der Waals surface area (Å²) in [6.07, 6.45) is 10.6. The van der Waals surface area contributed by atoms with E-state index in [-0.39, 0.29) is 7.43 Å². The molecule has 2 nitrogen and oxygen atoms in total. The highest BCUT2D eigenvalue weighted by atomic mass is 16.5. The Bertz CT molecular complexity index is 413. The highest BCUT2D eigenvalue weighted by Crippen LogP contribution is 2.14. The maximum Gasteiger partial charge on any atom is 0.145 e. The molecule has 17 heavy (non-hydrogen) atoms. The lowest BCUT2D eigenvalue weighted by atomic mass is 10.3. The Morgan fingerprint density at radius 2 is 2.12 bits per heavy atom. The second-order valence-corrected chi connectivity index (χ2v) is 3.03. The van der Waals surface area contributed by atoms with Crippen LogP contribution in [0, 0.1) is 0 Å². The van der Waals surface area contributed by atoms with Crippen molar-refractivity contribution in [3.63, 3.8) is 0 Å². The first kappa shape index (κ1) is 14.9. The van der Waals surface area contributed by atoms with Gasteiger partial charge in [-0.25, -0.2) is 0 Å². The fraction of sp³-hybridized carbons (Fsp3) is 0.133. The SMILES string of the molecule is C.C=C/C=C(\C=C/C)Oc1ccc(C=C)nc1. The predicted molar refractivity (Wildman–Crippen MR) is 74.8 cm³/mol. The van der Waals surface area contributed by atoms with Crippen molar-refractivity contribution in [3.8, 4) is 5.75 Å². The molecule has 90 valence electrons. The molecule has 0 aliphatic rings. The third-order valence-electron chi connectivity index (χ3n) is 1.82. The third-order valence-corrected chi connectivity index (χ3v) is 1.82. The second kappa shape index (κ2) is 8.11. The van der Waals surface area contributed by atoms with Gasteiger partial charge in [-0.15, -0.1) is 0 Å². The van der Waals surface area contributed by atoms with Crippen molar-refractivity contribution in [2.24, 2.45) is 0 Å². The van der Waals surface area contributed by atoms with Crippen LogP contribution >= 0.6 is 0 Å². The van der Waals surface area contributed by atoms with Crippen LogP contribution in [-0.4, -0.2) is 4.98 Å². The summed E-state index contributed by atoms with van der Waals surface area (Å²) in [7, 11) is 0. The summed E-state index contributed by atoms with van der Waals surface area (Å²) in [5.41, 5.74) is 0.827. The van der Waals surface area contributed by atoms with E-state index < -0.39 is 0 Å². The molecule has 0 unspecified atom stereocenters. The van der Waals surface area contributed by atoms with E-state index in [0.717, 1.165) is 11.5 Å². The molecule has 0 aromatic carbocycles. The fourth-order valence-corrected chi connectivity index (χ4v) is 1.11. The molecule has 1 aromatic rings. The van der Waals surface area contributed by atoms with E-state index in [0.29, 0.717) is 5.75 Å². The maximum absolute atomic E-state index is 5.60. The molecule has 1 aromatic heterocycles. The Labute approximate surface area is 104 Å². The van der Waals surface area contributed by atoms with Crippen LogP contribution in [0.15, 0.2) is 61.6 Å². The van der Waals surface area contributed by atoms with E-state index >= 15 is 0 Å². The molecule has 0 amide bonds. The average Bonchev–Trinajstić information content (AvgIpc) is 2.31. The zero-order valence-electron chi connectivity index (χ0n) is 9.39. The number of hydrogen-bond acceptors (Lipinski definition) is 2. The highest BCUT2D eigenvalue weighted by molar-refractivity contribution is 5.42. The van der Waals surface area contributed by atoms with E-state index in [1.165, 1.54) is 0 Å². The number of pyridine rings is 1. The van der Waals surface area contributed by atoms with Crippen LogP contribution in [0.5, 0.6) is 5.75 Å². The van der Waals surface area contributed by atoms with Crippen molar-refractivity contribution in [1.29, 1.82) is 0 Å². The number of rotatable bonds is 5. The monoisotopic (exact) mass is 229 g/mol. The first-order chi connectivity index (χ1) is 7.80. The van der Waals surface area contributed by atoms with Gasteiger partial charge in [0.2, 0.25) is 0 Å². The first-order valence-electron chi connectivity index (χ1n) is 5.02. The van der Waals surface area contributed by atoms with Crippen LogP contribution in [0.25, 0.3) is 6.08 Å². The number of aromatic nitrogens is 1. The largest absolute Gasteiger partial charge is 0.456 e. The van der Waals surface area contributed by atoms with E-state index in [2.05, 4.69) is 18.1 Å². The third kappa shape index (κ3) is 4.98. The summed E-state index contributed by atoms with van der Waals surface area (Å²) >= 11 is 0. The van der Waals surface area contributed by atoms with Gasteiger partial charge < -0.3 is 4.74 Å². The van der Waals surface area contributed by atoms with Gasteiger partial charge in [-0.2, -0.15) is 0 Å². The van der Waals surface area contributed by atoms with Crippen molar-refractivity contribution >= 4 is 6.08 Å². The smallest absolute Gasteiger partial charge is 0.145 e. The Kier molecular flexibility index (Phi) is 7.11. The lowest BCUT2D eigenvalue weighted by Crippen LogP contribution is -1.92. The lowest BCUT2D eigenvalue weighted by Gasteiger charge is -2.05. The minimum atomic E-state index is 0. The summed E-state index contributed by atoms with van der Waals surface area (Å²) in [4.78, 5) is 4.15. The summed E-state index contributed by atoms with van der Waals surface area (Å²) < 4.78 is 5.60. The highest BCUT2D eigenvalue weighted by Gasteiger charge is 1.96. The van der Waals surface area contributed by atoms with Crippen LogP contribution < -0.4 is 4.74 Å². The van der Waals surface area contributed by atoms with Gasteiger partial charge in [0.1, 0.15) is 11.5 Å². The molecule has 0 radical (unpaired) electrons. The predicted octanol–water partition coefficient (Wildman–Crippen LogP) is 4.39. The molecule has 1 heterocycles. The van der Waals surface area contributed by atoms with Crippen LogP contribution in [0.2, 0.25) is 0 Å². The van der Waals surface area contributed by atoms with Crippen LogP contribution in [0.1, 0.15) is 20.0 Å². The van der Waals surface area contributed by atoms with E-state index in [4.69, 9.17) is 4.74 Å². The standard InChI is InChI=1S/C14H15NO.CH4/c1-4-7-13(8-5-2)16-14-10-9-12(6-3)15-11-14;/h4-11H,1,3H2,2H3;1H4/b8-5-,13-7+;. The van der Waals surface area contributed by atoms with E-state index in [9.17, 15) is 0 Å². The normalized spacial score (nSPS) is 10.8. The van der Waals surface area contributed by atoms with Gasteiger partial charge in [-0.05, 0) is 37.3 Å². The van der Waals surface area contributed by atoms with Gasteiger partial charge in [-0.3, -0.25) is 4.98 Å².